The van der Waals surface area contributed by atoms with Crippen LogP contribution in [0.15, 0.2) is 47.4 Å². The lowest BCUT2D eigenvalue weighted by Gasteiger charge is -2.24. The second-order valence-electron chi connectivity index (χ2n) is 5.68. The summed E-state index contributed by atoms with van der Waals surface area (Å²) >= 11 is 1.89. The van der Waals surface area contributed by atoms with Gasteiger partial charge in [-0.2, -0.15) is 0 Å². The van der Waals surface area contributed by atoms with Crippen molar-refractivity contribution in [3.05, 3.63) is 59.2 Å². The molecular weight excluding hydrogens is 278 g/mol. The molecule has 1 atom stereocenters. The number of methoxy groups -OCH3 is 1. The zero-order valence-corrected chi connectivity index (χ0v) is 13.6. The van der Waals surface area contributed by atoms with Gasteiger partial charge in [0.1, 0.15) is 5.75 Å². The largest absolute Gasteiger partial charge is 0.496 e. The van der Waals surface area contributed by atoms with E-state index >= 15 is 0 Å². The molecule has 0 spiro atoms. The minimum absolute atomic E-state index is 0.399. The fourth-order valence-corrected chi connectivity index (χ4v) is 4.24. The van der Waals surface area contributed by atoms with Gasteiger partial charge in [0, 0.05) is 18.2 Å². The van der Waals surface area contributed by atoms with Gasteiger partial charge < -0.3 is 9.64 Å². The standard InChI is InChI=1S/C18H21NOS/c1-19(2)11-16-14-8-5-4-7-13(14)12-21-18-15(16)9-6-10-17(18)20-3/h4-10,16H,11-12H2,1-3H3/t16-/m0/s1. The highest BCUT2D eigenvalue weighted by Crippen LogP contribution is 2.44. The number of benzene rings is 2. The van der Waals surface area contributed by atoms with Crippen molar-refractivity contribution >= 4 is 11.8 Å². The maximum absolute atomic E-state index is 5.59. The highest BCUT2D eigenvalue weighted by Gasteiger charge is 2.26. The van der Waals surface area contributed by atoms with Crippen LogP contribution in [0.25, 0.3) is 0 Å². The molecule has 0 unspecified atom stereocenters. The number of hydrogen-bond acceptors (Lipinski definition) is 3. The van der Waals surface area contributed by atoms with Crippen LogP contribution in [0.2, 0.25) is 0 Å². The van der Waals surface area contributed by atoms with E-state index in [1.807, 2.05) is 11.8 Å². The van der Waals surface area contributed by atoms with E-state index in [2.05, 4.69) is 61.5 Å². The minimum atomic E-state index is 0.399. The Hall–Kier alpha value is -1.45. The molecule has 0 amide bonds. The number of hydrogen-bond donors (Lipinski definition) is 0. The van der Waals surface area contributed by atoms with Gasteiger partial charge in [0.15, 0.2) is 0 Å². The predicted molar refractivity (Wildman–Crippen MR) is 89.4 cm³/mol. The normalized spacial score (nSPS) is 17.0. The van der Waals surface area contributed by atoms with Gasteiger partial charge >= 0.3 is 0 Å². The van der Waals surface area contributed by atoms with Crippen molar-refractivity contribution in [1.82, 2.24) is 4.90 Å². The van der Waals surface area contributed by atoms with Gasteiger partial charge in [-0.25, -0.2) is 0 Å². The molecule has 3 heteroatoms. The molecule has 0 N–H and O–H groups in total. The molecule has 110 valence electrons. The molecule has 1 aliphatic rings. The molecule has 1 aliphatic heterocycles. The van der Waals surface area contributed by atoms with Crippen LogP contribution in [-0.4, -0.2) is 32.6 Å². The summed E-state index contributed by atoms with van der Waals surface area (Å²) in [5.41, 5.74) is 4.27. The third-order valence-corrected chi connectivity index (χ3v) is 5.14. The predicted octanol–water partition coefficient (Wildman–Crippen LogP) is 3.99. The molecule has 21 heavy (non-hydrogen) atoms. The van der Waals surface area contributed by atoms with Crippen molar-refractivity contribution in [2.45, 2.75) is 16.6 Å². The van der Waals surface area contributed by atoms with Crippen LogP contribution in [0, 0.1) is 0 Å². The molecule has 2 nitrogen and oxygen atoms in total. The van der Waals surface area contributed by atoms with Gasteiger partial charge in [-0.15, -0.1) is 11.8 Å². The summed E-state index contributed by atoms with van der Waals surface area (Å²) in [4.78, 5) is 3.56. The van der Waals surface area contributed by atoms with E-state index in [1.54, 1.807) is 7.11 Å². The molecule has 0 aliphatic carbocycles. The average Bonchev–Trinajstić information content (AvgIpc) is 2.65. The zero-order valence-electron chi connectivity index (χ0n) is 12.8. The summed E-state index contributed by atoms with van der Waals surface area (Å²) in [6.45, 7) is 1.01. The topological polar surface area (TPSA) is 12.5 Å². The van der Waals surface area contributed by atoms with Gasteiger partial charge in [0.2, 0.25) is 0 Å². The van der Waals surface area contributed by atoms with Crippen LogP contribution in [0.5, 0.6) is 5.75 Å². The first-order valence-electron chi connectivity index (χ1n) is 7.23. The lowest BCUT2D eigenvalue weighted by molar-refractivity contribution is 0.384. The molecule has 0 saturated heterocycles. The summed E-state index contributed by atoms with van der Waals surface area (Å²) in [6.07, 6.45) is 0. The third-order valence-electron chi connectivity index (χ3n) is 3.95. The van der Waals surface area contributed by atoms with Gasteiger partial charge in [0.05, 0.1) is 12.0 Å². The second kappa shape index (κ2) is 6.12. The quantitative estimate of drug-likeness (QED) is 0.850. The van der Waals surface area contributed by atoms with Crippen molar-refractivity contribution in [2.24, 2.45) is 0 Å². The lowest BCUT2D eigenvalue weighted by Crippen LogP contribution is -2.22. The van der Waals surface area contributed by atoms with E-state index < -0.39 is 0 Å². The van der Waals surface area contributed by atoms with Crippen LogP contribution < -0.4 is 4.74 Å². The van der Waals surface area contributed by atoms with Crippen LogP contribution in [0.3, 0.4) is 0 Å². The number of nitrogens with zero attached hydrogens (tertiary/aromatic N) is 1. The summed E-state index contributed by atoms with van der Waals surface area (Å²) in [5, 5.41) is 0. The second-order valence-corrected chi connectivity index (χ2v) is 6.67. The van der Waals surface area contributed by atoms with Crippen LogP contribution >= 0.6 is 11.8 Å². The summed E-state index contributed by atoms with van der Waals surface area (Å²) in [6, 6.07) is 15.2. The SMILES string of the molecule is COc1cccc2c1SCc1ccccc1[C@@H]2CN(C)C. The average molecular weight is 299 g/mol. The van der Waals surface area contributed by atoms with Crippen molar-refractivity contribution in [3.8, 4) is 5.75 Å². The van der Waals surface area contributed by atoms with Crippen LogP contribution in [0.4, 0.5) is 0 Å². The van der Waals surface area contributed by atoms with Gasteiger partial charge in [0.25, 0.3) is 0 Å². The van der Waals surface area contributed by atoms with Crippen LogP contribution in [0.1, 0.15) is 22.6 Å². The Labute approximate surface area is 131 Å². The first-order chi connectivity index (χ1) is 10.2. The van der Waals surface area contributed by atoms with Gasteiger partial charge in [-0.3, -0.25) is 0 Å². The van der Waals surface area contributed by atoms with E-state index in [1.165, 1.54) is 21.6 Å². The van der Waals surface area contributed by atoms with Crippen LogP contribution in [-0.2, 0) is 5.75 Å². The summed E-state index contributed by atoms with van der Waals surface area (Å²) in [5.74, 6) is 2.40. The molecule has 0 fully saturated rings. The fourth-order valence-electron chi connectivity index (χ4n) is 3.01. The Bertz CT molecular complexity index is 639. The molecule has 2 aromatic rings. The maximum atomic E-state index is 5.59. The molecule has 0 bridgehead atoms. The van der Waals surface area contributed by atoms with E-state index in [4.69, 9.17) is 4.74 Å². The molecule has 1 heterocycles. The molecule has 3 rings (SSSR count). The molecule has 0 saturated carbocycles. The number of fused-ring (bicyclic) bond motifs is 2. The number of thioether (sulfide) groups is 1. The number of rotatable bonds is 3. The van der Waals surface area contributed by atoms with E-state index in [0.29, 0.717) is 5.92 Å². The molecular formula is C18H21NOS. The van der Waals surface area contributed by atoms with Crippen molar-refractivity contribution in [2.75, 3.05) is 27.7 Å². The fraction of sp³-hybridized carbons (Fsp3) is 0.333. The Morgan fingerprint density at radius 2 is 1.86 bits per heavy atom. The first kappa shape index (κ1) is 14.5. The smallest absolute Gasteiger partial charge is 0.132 e. The Morgan fingerprint density at radius 1 is 1.10 bits per heavy atom. The van der Waals surface area contributed by atoms with E-state index in [-0.39, 0.29) is 0 Å². The van der Waals surface area contributed by atoms with Crippen molar-refractivity contribution < 1.29 is 4.74 Å². The number of likely N-dealkylation sites (N-methyl/N-ethyl adjacent to an activating group) is 1. The zero-order chi connectivity index (χ0) is 14.8. The summed E-state index contributed by atoms with van der Waals surface area (Å²) < 4.78 is 5.59. The van der Waals surface area contributed by atoms with Crippen molar-refractivity contribution in [3.63, 3.8) is 0 Å². The number of ether oxygens (including phenoxy) is 1. The third kappa shape index (κ3) is 2.81. The molecule has 0 radical (unpaired) electrons. The highest BCUT2D eigenvalue weighted by atomic mass is 32.2. The molecule has 2 aromatic carbocycles. The Balaban J connectivity index is 2.16. The van der Waals surface area contributed by atoms with Crippen molar-refractivity contribution in [1.29, 1.82) is 0 Å². The summed E-state index contributed by atoms with van der Waals surface area (Å²) in [7, 11) is 6.04. The minimum Gasteiger partial charge on any atom is -0.496 e. The highest BCUT2D eigenvalue weighted by molar-refractivity contribution is 7.98. The maximum Gasteiger partial charge on any atom is 0.132 e. The first-order valence-corrected chi connectivity index (χ1v) is 8.21. The monoisotopic (exact) mass is 299 g/mol. The Kier molecular flexibility index (Phi) is 4.22. The van der Waals surface area contributed by atoms with Gasteiger partial charge in [-0.1, -0.05) is 36.4 Å². The van der Waals surface area contributed by atoms with E-state index in [9.17, 15) is 0 Å². The lowest BCUT2D eigenvalue weighted by atomic mass is 9.88. The van der Waals surface area contributed by atoms with Gasteiger partial charge in [-0.05, 0) is 36.9 Å². The Morgan fingerprint density at radius 3 is 2.62 bits per heavy atom. The van der Waals surface area contributed by atoms with E-state index in [0.717, 1.165) is 18.0 Å². The molecule has 0 aromatic heterocycles.